The van der Waals surface area contributed by atoms with Crippen LogP contribution in [0, 0.1) is 13.8 Å². The molecule has 0 bridgehead atoms. The quantitative estimate of drug-likeness (QED) is 0.849. The third kappa shape index (κ3) is 3.30. The zero-order chi connectivity index (χ0) is 12.3. The highest BCUT2D eigenvalue weighted by Gasteiger charge is 2.18. The van der Waals surface area contributed by atoms with Gasteiger partial charge in [-0.2, -0.15) is 0 Å². The van der Waals surface area contributed by atoms with Crippen molar-refractivity contribution in [2.24, 2.45) is 0 Å². The van der Waals surface area contributed by atoms with Crippen LogP contribution in [0.5, 0.6) is 0 Å². The number of aryl methyl sites for hydroxylation is 2. The summed E-state index contributed by atoms with van der Waals surface area (Å²) in [7, 11) is 0. The van der Waals surface area contributed by atoms with Crippen molar-refractivity contribution < 1.29 is 4.42 Å². The highest BCUT2D eigenvalue weighted by atomic mass is 16.4. The fraction of sp³-hybridized carbons (Fsp3) is 0.769. The first-order chi connectivity index (χ1) is 8.19. The van der Waals surface area contributed by atoms with E-state index >= 15 is 0 Å². The second-order valence-electron chi connectivity index (χ2n) is 4.87. The van der Waals surface area contributed by atoms with Crippen molar-refractivity contribution in [3.8, 4) is 0 Å². The summed E-state index contributed by atoms with van der Waals surface area (Å²) in [6.45, 7) is 10.3. The van der Waals surface area contributed by atoms with Crippen LogP contribution in [0.1, 0.15) is 37.1 Å². The number of nitrogens with zero attached hydrogens (tertiary/aromatic N) is 2. The summed E-state index contributed by atoms with van der Waals surface area (Å²) >= 11 is 0. The lowest BCUT2D eigenvalue weighted by Gasteiger charge is -2.22. The Balaban J connectivity index is 1.89. The van der Waals surface area contributed by atoms with Crippen LogP contribution in [0.4, 0.5) is 0 Å². The maximum absolute atomic E-state index is 5.64. The first kappa shape index (κ1) is 12.6. The molecular weight excluding hydrogens is 214 g/mol. The first-order valence-electron chi connectivity index (χ1n) is 6.57. The second-order valence-corrected chi connectivity index (χ2v) is 4.87. The molecule has 2 heterocycles. The number of oxazole rings is 1. The first-order valence-corrected chi connectivity index (χ1v) is 6.57. The minimum atomic E-state index is 0.645. The Kier molecular flexibility index (Phi) is 4.18. The molecule has 0 spiro atoms. The van der Waals surface area contributed by atoms with Crippen molar-refractivity contribution in [3.63, 3.8) is 0 Å². The van der Waals surface area contributed by atoms with Crippen LogP contribution in [0.3, 0.4) is 0 Å². The SMILES string of the molecule is CCN(Cc1nc(C)c(C)o1)CC1CCCN1. The van der Waals surface area contributed by atoms with Crippen LogP contribution in [0.15, 0.2) is 4.42 Å². The Morgan fingerprint density at radius 2 is 2.29 bits per heavy atom. The van der Waals surface area contributed by atoms with Gasteiger partial charge in [0.05, 0.1) is 12.2 Å². The van der Waals surface area contributed by atoms with Crippen LogP contribution < -0.4 is 5.32 Å². The van der Waals surface area contributed by atoms with E-state index in [9.17, 15) is 0 Å². The number of hydrogen-bond acceptors (Lipinski definition) is 4. The Morgan fingerprint density at radius 1 is 1.47 bits per heavy atom. The Morgan fingerprint density at radius 3 is 2.82 bits per heavy atom. The van der Waals surface area contributed by atoms with Gasteiger partial charge in [-0.3, -0.25) is 4.90 Å². The molecule has 2 rings (SSSR count). The summed E-state index contributed by atoms with van der Waals surface area (Å²) < 4.78 is 5.64. The molecular formula is C13H23N3O. The molecule has 17 heavy (non-hydrogen) atoms. The van der Waals surface area contributed by atoms with E-state index in [4.69, 9.17) is 4.42 Å². The molecule has 1 unspecified atom stereocenters. The van der Waals surface area contributed by atoms with Gasteiger partial charge >= 0.3 is 0 Å². The molecule has 96 valence electrons. The molecule has 1 atom stereocenters. The molecule has 0 aromatic carbocycles. The van der Waals surface area contributed by atoms with E-state index in [1.54, 1.807) is 0 Å². The molecule has 1 saturated heterocycles. The van der Waals surface area contributed by atoms with Gasteiger partial charge in [0.15, 0.2) is 0 Å². The summed E-state index contributed by atoms with van der Waals surface area (Å²) in [5.74, 6) is 1.79. The molecule has 1 aromatic rings. The molecule has 0 aliphatic carbocycles. The lowest BCUT2D eigenvalue weighted by molar-refractivity contribution is 0.228. The summed E-state index contributed by atoms with van der Waals surface area (Å²) in [4.78, 5) is 6.84. The smallest absolute Gasteiger partial charge is 0.208 e. The summed E-state index contributed by atoms with van der Waals surface area (Å²) in [5, 5.41) is 3.53. The summed E-state index contributed by atoms with van der Waals surface area (Å²) in [6.07, 6.45) is 2.60. The van der Waals surface area contributed by atoms with Crippen LogP contribution in [0.25, 0.3) is 0 Å². The van der Waals surface area contributed by atoms with Crippen LogP contribution >= 0.6 is 0 Å². The number of hydrogen-bond donors (Lipinski definition) is 1. The third-order valence-electron chi connectivity index (χ3n) is 3.52. The van der Waals surface area contributed by atoms with Gasteiger partial charge in [-0.1, -0.05) is 6.92 Å². The lowest BCUT2D eigenvalue weighted by atomic mass is 10.2. The zero-order valence-corrected chi connectivity index (χ0v) is 11.1. The maximum atomic E-state index is 5.64. The van der Waals surface area contributed by atoms with E-state index in [1.807, 2.05) is 13.8 Å². The van der Waals surface area contributed by atoms with Crippen molar-refractivity contribution in [2.45, 2.75) is 46.2 Å². The van der Waals surface area contributed by atoms with E-state index in [-0.39, 0.29) is 0 Å². The topological polar surface area (TPSA) is 41.3 Å². The zero-order valence-electron chi connectivity index (χ0n) is 11.1. The average Bonchev–Trinajstić information content (AvgIpc) is 2.89. The fourth-order valence-corrected chi connectivity index (χ4v) is 2.33. The summed E-state index contributed by atoms with van der Waals surface area (Å²) in [5.41, 5.74) is 1.01. The fourth-order valence-electron chi connectivity index (χ4n) is 2.33. The van der Waals surface area contributed by atoms with Gasteiger partial charge in [-0.15, -0.1) is 0 Å². The minimum Gasteiger partial charge on any atom is -0.444 e. The predicted octanol–water partition coefficient (Wildman–Crippen LogP) is 1.87. The third-order valence-corrected chi connectivity index (χ3v) is 3.52. The largest absolute Gasteiger partial charge is 0.444 e. The van der Waals surface area contributed by atoms with Gasteiger partial charge in [0.2, 0.25) is 5.89 Å². The highest BCUT2D eigenvalue weighted by Crippen LogP contribution is 2.12. The van der Waals surface area contributed by atoms with Gasteiger partial charge in [0, 0.05) is 12.6 Å². The summed E-state index contributed by atoms with van der Waals surface area (Å²) in [6, 6.07) is 0.645. The molecule has 1 N–H and O–H groups in total. The molecule has 1 aliphatic heterocycles. The number of rotatable bonds is 5. The number of likely N-dealkylation sites (N-methyl/N-ethyl adjacent to an activating group) is 1. The minimum absolute atomic E-state index is 0.645. The van der Waals surface area contributed by atoms with E-state index in [0.29, 0.717) is 6.04 Å². The van der Waals surface area contributed by atoms with Gasteiger partial charge in [0.1, 0.15) is 5.76 Å². The number of aromatic nitrogens is 1. The van der Waals surface area contributed by atoms with Crippen molar-refractivity contribution in [1.29, 1.82) is 0 Å². The second kappa shape index (κ2) is 5.65. The van der Waals surface area contributed by atoms with Gasteiger partial charge in [-0.25, -0.2) is 4.98 Å². The molecule has 4 heteroatoms. The molecule has 4 nitrogen and oxygen atoms in total. The molecule has 0 radical (unpaired) electrons. The van der Waals surface area contributed by atoms with Crippen molar-refractivity contribution in [3.05, 3.63) is 17.3 Å². The van der Waals surface area contributed by atoms with Gasteiger partial charge in [0.25, 0.3) is 0 Å². The molecule has 0 saturated carbocycles. The molecule has 1 aromatic heterocycles. The standard InChI is InChI=1S/C13H23N3O/c1-4-16(8-12-6-5-7-14-12)9-13-15-10(2)11(3)17-13/h12,14H,4-9H2,1-3H3. The van der Waals surface area contributed by atoms with Crippen molar-refractivity contribution in [1.82, 2.24) is 15.2 Å². The number of nitrogens with one attached hydrogen (secondary N) is 1. The van der Waals surface area contributed by atoms with Gasteiger partial charge < -0.3 is 9.73 Å². The Labute approximate surface area is 103 Å². The highest BCUT2D eigenvalue weighted by molar-refractivity contribution is 5.05. The lowest BCUT2D eigenvalue weighted by Crippen LogP contribution is -2.37. The molecule has 1 aliphatic rings. The van der Waals surface area contributed by atoms with Gasteiger partial charge in [-0.05, 0) is 39.8 Å². The molecule has 0 amide bonds. The van der Waals surface area contributed by atoms with E-state index in [2.05, 4.69) is 22.1 Å². The van der Waals surface area contributed by atoms with Crippen LogP contribution in [-0.2, 0) is 6.54 Å². The predicted molar refractivity (Wildman–Crippen MR) is 68.0 cm³/mol. The maximum Gasteiger partial charge on any atom is 0.208 e. The van der Waals surface area contributed by atoms with E-state index in [0.717, 1.165) is 37.0 Å². The van der Waals surface area contributed by atoms with Crippen LogP contribution in [-0.4, -0.2) is 35.6 Å². The molecule has 1 fully saturated rings. The van der Waals surface area contributed by atoms with E-state index in [1.165, 1.54) is 19.4 Å². The van der Waals surface area contributed by atoms with Crippen molar-refractivity contribution >= 4 is 0 Å². The Hall–Kier alpha value is -0.870. The van der Waals surface area contributed by atoms with E-state index < -0.39 is 0 Å². The monoisotopic (exact) mass is 237 g/mol. The normalized spacial score (nSPS) is 20.4. The van der Waals surface area contributed by atoms with Crippen molar-refractivity contribution in [2.75, 3.05) is 19.6 Å². The van der Waals surface area contributed by atoms with Crippen LogP contribution in [0.2, 0.25) is 0 Å². The Bertz CT molecular complexity index is 336. The average molecular weight is 237 g/mol.